The van der Waals surface area contributed by atoms with Gasteiger partial charge >= 0.3 is 0 Å². The van der Waals surface area contributed by atoms with Gasteiger partial charge in [0.25, 0.3) is 10.2 Å². The van der Waals surface area contributed by atoms with Gasteiger partial charge in [0.05, 0.1) is 0 Å². The number of rotatable bonds is 7. The molecule has 2 aliphatic rings. The van der Waals surface area contributed by atoms with E-state index in [1.807, 2.05) is 13.1 Å². The molecule has 0 spiro atoms. The van der Waals surface area contributed by atoms with Crippen molar-refractivity contribution in [3.8, 4) is 0 Å². The molecule has 0 saturated carbocycles. The standard InChI is InChI=1S/C19H32N4O2S/c1-21-13-15-23(16-14-21)26(24,25)20-11-10-19-9-5-6-12-22(19)17-18-7-3-2-4-8-18/h2-4,7-8,19-20H,5-6,9-17H2,1H3. The molecule has 0 radical (unpaired) electrons. The van der Waals surface area contributed by atoms with E-state index in [-0.39, 0.29) is 0 Å². The van der Waals surface area contributed by atoms with Crippen molar-refractivity contribution in [1.29, 1.82) is 0 Å². The molecule has 7 heteroatoms. The van der Waals surface area contributed by atoms with Gasteiger partial charge in [-0.3, -0.25) is 4.90 Å². The van der Waals surface area contributed by atoms with Crippen molar-refractivity contribution in [2.75, 3.05) is 46.3 Å². The zero-order chi connectivity index (χ0) is 18.4. The van der Waals surface area contributed by atoms with E-state index in [0.29, 0.717) is 25.7 Å². The van der Waals surface area contributed by atoms with Crippen molar-refractivity contribution in [2.45, 2.75) is 38.3 Å². The Morgan fingerprint density at radius 3 is 2.50 bits per heavy atom. The summed E-state index contributed by atoms with van der Waals surface area (Å²) < 4.78 is 29.4. The Kier molecular flexibility index (Phi) is 7.05. The molecule has 0 aromatic heterocycles. The molecule has 0 bridgehead atoms. The molecule has 6 nitrogen and oxygen atoms in total. The highest BCUT2D eigenvalue weighted by atomic mass is 32.2. The minimum atomic E-state index is -3.35. The highest BCUT2D eigenvalue weighted by molar-refractivity contribution is 7.87. The van der Waals surface area contributed by atoms with Gasteiger partial charge < -0.3 is 4.90 Å². The van der Waals surface area contributed by atoms with Gasteiger partial charge in [0.2, 0.25) is 0 Å². The van der Waals surface area contributed by atoms with Crippen molar-refractivity contribution in [1.82, 2.24) is 18.8 Å². The zero-order valence-electron chi connectivity index (χ0n) is 15.8. The average molecular weight is 381 g/mol. The van der Waals surface area contributed by atoms with Gasteiger partial charge in [-0.1, -0.05) is 36.8 Å². The van der Waals surface area contributed by atoms with Crippen LogP contribution in [0, 0.1) is 0 Å². The summed E-state index contributed by atoms with van der Waals surface area (Å²) in [6, 6.07) is 11.0. The van der Waals surface area contributed by atoms with Crippen LogP contribution in [0.15, 0.2) is 30.3 Å². The Labute approximate surface area is 158 Å². The first-order valence-corrected chi connectivity index (χ1v) is 11.2. The number of piperidine rings is 1. The summed E-state index contributed by atoms with van der Waals surface area (Å²) in [4.78, 5) is 4.68. The number of likely N-dealkylation sites (tertiary alicyclic amines) is 1. The van der Waals surface area contributed by atoms with E-state index < -0.39 is 10.2 Å². The van der Waals surface area contributed by atoms with Crippen LogP contribution in [-0.4, -0.2) is 74.9 Å². The third kappa shape index (κ3) is 5.50. The lowest BCUT2D eigenvalue weighted by molar-refractivity contribution is 0.133. The van der Waals surface area contributed by atoms with E-state index in [0.717, 1.165) is 39.0 Å². The van der Waals surface area contributed by atoms with E-state index in [9.17, 15) is 8.42 Å². The van der Waals surface area contributed by atoms with Gasteiger partial charge in [0.1, 0.15) is 0 Å². The molecule has 0 aliphatic carbocycles. The van der Waals surface area contributed by atoms with Crippen molar-refractivity contribution < 1.29 is 8.42 Å². The SMILES string of the molecule is CN1CCN(S(=O)(=O)NCCC2CCCCN2Cc2ccccc2)CC1. The summed E-state index contributed by atoms with van der Waals surface area (Å²) in [5.41, 5.74) is 1.33. The van der Waals surface area contributed by atoms with Gasteiger partial charge in [-0.15, -0.1) is 0 Å². The summed E-state index contributed by atoms with van der Waals surface area (Å²) >= 11 is 0. The maximum atomic E-state index is 12.5. The van der Waals surface area contributed by atoms with E-state index in [1.165, 1.54) is 18.4 Å². The second kappa shape index (κ2) is 9.28. The number of nitrogens with zero attached hydrogens (tertiary/aromatic N) is 3. The molecule has 1 aromatic carbocycles. The van der Waals surface area contributed by atoms with Crippen LogP contribution in [0.25, 0.3) is 0 Å². The van der Waals surface area contributed by atoms with Crippen LogP contribution in [0.4, 0.5) is 0 Å². The number of benzene rings is 1. The Morgan fingerprint density at radius 1 is 1.04 bits per heavy atom. The van der Waals surface area contributed by atoms with Crippen molar-refractivity contribution in [2.24, 2.45) is 0 Å². The zero-order valence-corrected chi connectivity index (χ0v) is 16.6. The fourth-order valence-corrected chi connectivity index (χ4v) is 5.09. The third-order valence-electron chi connectivity index (χ3n) is 5.54. The van der Waals surface area contributed by atoms with Crippen LogP contribution < -0.4 is 4.72 Å². The molecule has 2 aliphatic heterocycles. The Morgan fingerprint density at radius 2 is 1.77 bits per heavy atom. The monoisotopic (exact) mass is 380 g/mol. The van der Waals surface area contributed by atoms with Crippen LogP contribution in [0.2, 0.25) is 0 Å². The lowest BCUT2D eigenvalue weighted by atomic mass is 9.98. The summed E-state index contributed by atoms with van der Waals surface area (Å²) in [7, 11) is -1.32. The molecule has 2 heterocycles. The van der Waals surface area contributed by atoms with Crippen molar-refractivity contribution >= 4 is 10.2 Å². The Balaban J connectivity index is 1.49. The number of hydrogen-bond acceptors (Lipinski definition) is 4. The molecular formula is C19H32N4O2S. The molecule has 1 N–H and O–H groups in total. The smallest absolute Gasteiger partial charge is 0.279 e. The van der Waals surface area contributed by atoms with E-state index in [2.05, 4.69) is 38.8 Å². The molecule has 3 rings (SSSR count). The highest BCUT2D eigenvalue weighted by Gasteiger charge is 2.27. The lowest BCUT2D eigenvalue weighted by Gasteiger charge is -2.36. The van der Waals surface area contributed by atoms with Gasteiger partial charge in [-0.2, -0.15) is 12.7 Å². The maximum Gasteiger partial charge on any atom is 0.279 e. The van der Waals surface area contributed by atoms with Gasteiger partial charge in [0.15, 0.2) is 0 Å². The first-order chi connectivity index (χ1) is 12.5. The third-order valence-corrected chi connectivity index (χ3v) is 7.16. The molecular weight excluding hydrogens is 348 g/mol. The molecule has 146 valence electrons. The summed E-state index contributed by atoms with van der Waals surface area (Å²) in [6.45, 7) is 5.33. The second-order valence-electron chi connectivity index (χ2n) is 7.50. The van der Waals surface area contributed by atoms with E-state index in [4.69, 9.17) is 0 Å². The highest BCUT2D eigenvalue weighted by Crippen LogP contribution is 2.21. The normalized spacial score (nSPS) is 24.0. The Bertz CT molecular complexity index is 645. The number of nitrogens with one attached hydrogen (secondary N) is 1. The van der Waals surface area contributed by atoms with Crippen LogP contribution in [0.5, 0.6) is 0 Å². The molecule has 26 heavy (non-hydrogen) atoms. The van der Waals surface area contributed by atoms with Gasteiger partial charge in [-0.05, 0) is 38.4 Å². The topological polar surface area (TPSA) is 55.9 Å². The van der Waals surface area contributed by atoms with Crippen molar-refractivity contribution in [3.05, 3.63) is 35.9 Å². The van der Waals surface area contributed by atoms with E-state index >= 15 is 0 Å². The quantitative estimate of drug-likeness (QED) is 0.779. The predicted octanol–water partition coefficient (Wildman–Crippen LogP) is 1.51. The van der Waals surface area contributed by atoms with Crippen molar-refractivity contribution in [3.63, 3.8) is 0 Å². The van der Waals surface area contributed by atoms with Crippen LogP contribution in [0.1, 0.15) is 31.2 Å². The lowest BCUT2D eigenvalue weighted by Crippen LogP contribution is -2.51. The minimum Gasteiger partial charge on any atom is -0.304 e. The molecule has 0 amide bonds. The molecule has 1 aromatic rings. The minimum absolute atomic E-state index is 0.458. The van der Waals surface area contributed by atoms with Crippen LogP contribution in [0.3, 0.4) is 0 Å². The van der Waals surface area contributed by atoms with Crippen LogP contribution in [-0.2, 0) is 16.8 Å². The first kappa shape index (κ1) is 19.8. The maximum absolute atomic E-state index is 12.5. The number of hydrogen-bond donors (Lipinski definition) is 1. The molecule has 1 atom stereocenters. The fraction of sp³-hybridized carbons (Fsp3) is 0.684. The van der Waals surface area contributed by atoms with Gasteiger partial charge in [-0.25, -0.2) is 4.72 Å². The predicted molar refractivity (Wildman–Crippen MR) is 105 cm³/mol. The summed E-state index contributed by atoms with van der Waals surface area (Å²) in [6.07, 6.45) is 4.50. The van der Waals surface area contributed by atoms with Gasteiger partial charge in [0, 0.05) is 45.3 Å². The molecule has 1 unspecified atom stereocenters. The average Bonchev–Trinajstić information content (AvgIpc) is 2.64. The summed E-state index contributed by atoms with van der Waals surface area (Å²) in [5, 5.41) is 0. The van der Waals surface area contributed by atoms with E-state index in [1.54, 1.807) is 4.31 Å². The first-order valence-electron chi connectivity index (χ1n) is 9.76. The number of likely N-dealkylation sites (N-methyl/N-ethyl adjacent to an activating group) is 1. The molecule has 2 saturated heterocycles. The van der Waals surface area contributed by atoms with Crippen LogP contribution >= 0.6 is 0 Å². The Hall–Kier alpha value is -0.990. The molecule has 2 fully saturated rings. The fourth-order valence-electron chi connectivity index (χ4n) is 3.89. The largest absolute Gasteiger partial charge is 0.304 e. The number of piperazine rings is 1. The summed E-state index contributed by atoms with van der Waals surface area (Å²) in [5.74, 6) is 0. The second-order valence-corrected chi connectivity index (χ2v) is 9.25.